The fourth-order valence-electron chi connectivity index (χ4n) is 2.79. The highest BCUT2D eigenvalue weighted by atomic mass is 16.5. The highest BCUT2D eigenvalue weighted by molar-refractivity contribution is 5.88. The van der Waals surface area contributed by atoms with Crippen LogP contribution < -0.4 is 15.4 Å². The van der Waals surface area contributed by atoms with Crippen LogP contribution in [0.4, 0.5) is 0 Å². The van der Waals surface area contributed by atoms with Crippen molar-refractivity contribution >= 4 is 11.8 Å². The average molecular weight is 351 g/mol. The fraction of sp³-hybridized carbons (Fsp3) is 0.529. The van der Waals surface area contributed by atoms with Crippen LogP contribution in [0.2, 0.25) is 0 Å². The van der Waals surface area contributed by atoms with Gasteiger partial charge in [-0.15, -0.1) is 0 Å². The van der Waals surface area contributed by atoms with E-state index in [2.05, 4.69) is 10.6 Å². The minimum Gasteiger partial charge on any atom is -0.497 e. The summed E-state index contributed by atoms with van der Waals surface area (Å²) in [5.74, 6) is 0.154. The molecule has 1 aliphatic rings. The minimum atomic E-state index is -0.717. The predicted octanol–water partition coefficient (Wildman–Crippen LogP) is -1.14. The number of rotatable bonds is 8. The second-order valence-corrected chi connectivity index (χ2v) is 5.96. The summed E-state index contributed by atoms with van der Waals surface area (Å²) >= 11 is 0. The van der Waals surface area contributed by atoms with Crippen LogP contribution >= 0.6 is 0 Å². The first kappa shape index (κ1) is 19.2. The quantitative estimate of drug-likeness (QED) is 0.471. The maximum absolute atomic E-state index is 12.2. The first-order chi connectivity index (χ1) is 12.1. The summed E-state index contributed by atoms with van der Waals surface area (Å²) in [7, 11) is 1.60. The number of carbonyl (C=O) groups is 2. The number of nitrogens with one attached hydrogen (secondary N) is 2. The van der Waals surface area contributed by atoms with Crippen molar-refractivity contribution in [3.8, 4) is 5.75 Å². The Morgan fingerprint density at radius 2 is 2.20 bits per heavy atom. The molecule has 0 bridgehead atoms. The molecule has 0 radical (unpaired) electrons. The van der Waals surface area contributed by atoms with Crippen LogP contribution in [0.15, 0.2) is 24.3 Å². The Labute approximate surface area is 146 Å². The van der Waals surface area contributed by atoms with Gasteiger partial charge in [-0.2, -0.15) is 0 Å². The number of carbonyl (C=O) groups excluding carboxylic acids is 2. The van der Waals surface area contributed by atoms with Gasteiger partial charge in [0.25, 0.3) is 0 Å². The summed E-state index contributed by atoms with van der Waals surface area (Å²) in [6.07, 6.45) is -0.0354. The van der Waals surface area contributed by atoms with Gasteiger partial charge in [0.05, 0.1) is 38.8 Å². The van der Waals surface area contributed by atoms with Crippen molar-refractivity contribution in [1.82, 2.24) is 15.5 Å². The molecule has 2 rings (SSSR count). The molecule has 1 heterocycles. The molecular weight excluding hydrogens is 326 g/mol. The van der Waals surface area contributed by atoms with Crippen LogP contribution in [0.25, 0.3) is 0 Å². The molecule has 2 amide bonds. The second-order valence-electron chi connectivity index (χ2n) is 5.96. The first-order valence-electron chi connectivity index (χ1n) is 8.23. The van der Waals surface area contributed by atoms with Crippen LogP contribution in [0.1, 0.15) is 12.0 Å². The van der Waals surface area contributed by atoms with Gasteiger partial charge in [-0.25, -0.2) is 0 Å². The summed E-state index contributed by atoms with van der Waals surface area (Å²) in [5, 5.41) is 23.4. The van der Waals surface area contributed by atoms with E-state index in [4.69, 9.17) is 14.9 Å². The normalized spacial score (nSPS) is 18.1. The van der Waals surface area contributed by atoms with Crippen molar-refractivity contribution in [3.63, 3.8) is 0 Å². The van der Waals surface area contributed by atoms with Crippen LogP contribution in [-0.4, -0.2) is 72.4 Å². The molecule has 0 saturated carbocycles. The standard InChI is InChI=1S/C17H25N3O5/c1-25-14-4-2-3-12(7-14)9-20-6-5-18-17(24)15(20)8-16(23)19-13(10-21)11-22/h2-4,7,13,15,21-22H,5-6,8-11H2,1H3,(H,18,24)(H,19,23)/t15-/m1/s1. The number of piperazine rings is 1. The zero-order valence-electron chi connectivity index (χ0n) is 14.3. The molecule has 1 aromatic rings. The van der Waals surface area contributed by atoms with E-state index in [9.17, 15) is 9.59 Å². The number of hydrogen-bond donors (Lipinski definition) is 4. The summed E-state index contributed by atoms with van der Waals surface area (Å²) in [6.45, 7) is 0.965. The van der Waals surface area contributed by atoms with Crippen molar-refractivity contribution in [2.45, 2.75) is 25.0 Å². The molecule has 0 aliphatic carbocycles. The zero-order valence-corrected chi connectivity index (χ0v) is 14.3. The largest absolute Gasteiger partial charge is 0.497 e. The monoisotopic (exact) mass is 351 g/mol. The molecule has 4 N–H and O–H groups in total. The van der Waals surface area contributed by atoms with Gasteiger partial charge in [0.15, 0.2) is 0 Å². The number of hydrogen-bond acceptors (Lipinski definition) is 6. The van der Waals surface area contributed by atoms with Gasteiger partial charge in [-0.3, -0.25) is 14.5 Å². The number of amides is 2. The third-order valence-electron chi connectivity index (χ3n) is 4.15. The molecule has 138 valence electrons. The Morgan fingerprint density at radius 3 is 2.88 bits per heavy atom. The van der Waals surface area contributed by atoms with Gasteiger partial charge < -0.3 is 25.6 Å². The lowest BCUT2D eigenvalue weighted by Gasteiger charge is -2.35. The number of aliphatic hydroxyl groups excluding tert-OH is 2. The predicted molar refractivity (Wildman–Crippen MR) is 90.9 cm³/mol. The van der Waals surface area contributed by atoms with E-state index in [1.165, 1.54) is 0 Å². The molecule has 0 spiro atoms. The van der Waals surface area contributed by atoms with Crippen molar-refractivity contribution < 1.29 is 24.5 Å². The lowest BCUT2D eigenvalue weighted by atomic mass is 10.1. The lowest BCUT2D eigenvalue weighted by molar-refractivity contribution is -0.134. The topological polar surface area (TPSA) is 111 Å². The molecule has 1 atom stereocenters. The second kappa shape index (κ2) is 9.36. The number of methoxy groups -OCH3 is 1. The summed E-state index contributed by atoms with van der Waals surface area (Å²) in [6, 6.07) is 6.26. The third kappa shape index (κ3) is 5.42. The number of ether oxygens (including phenoxy) is 1. The molecule has 1 aliphatic heterocycles. The van der Waals surface area contributed by atoms with Gasteiger partial charge in [0.1, 0.15) is 5.75 Å². The third-order valence-corrected chi connectivity index (χ3v) is 4.15. The Bertz CT molecular complexity index is 591. The maximum atomic E-state index is 12.2. The summed E-state index contributed by atoms with van der Waals surface area (Å²) in [5.41, 5.74) is 0.989. The van der Waals surface area contributed by atoms with E-state index in [0.717, 1.165) is 11.3 Å². The van der Waals surface area contributed by atoms with E-state index < -0.39 is 12.1 Å². The molecule has 25 heavy (non-hydrogen) atoms. The number of benzene rings is 1. The van der Waals surface area contributed by atoms with Gasteiger partial charge in [-0.1, -0.05) is 12.1 Å². The Kier molecular flexibility index (Phi) is 7.17. The molecular formula is C17H25N3O5. The van der Waals surface area contributed by atoms with Crippen molar-refractivity contribution in [1.29, 1.82) is 0 Å². The van der Waals surface area contributed by atoms with Gasteiger partial charge in [0, 0.05) is 19.6 Å². The molecule has 1 fully saturated rings. The van der Waals surface area contributed by atoms with E-state index in [1.54, 1.807) is 7.11 Å². The average Bonchev–Trinajstić information content (AvgIpc) is 2.62. The SMILES string of the molecule is COc1cccc(CN2CCNC(=O)[C@H]2CC(=O)NC(CO)CO)c1. The van der Waals surface area contributed by atoms with Crippen LogP contribution in [0.3, 0.4) is 0 Å². The molecule has 0 aromatic heterocycles. The first-order valence-corrected chi connectivity index (χ1v) is 8.23. The van der Waals surface area contributed by atoms with Gasteiger partial charge in [-0.05, 0) is 17.7 Å². The van der Waals surface area contributed by atoms with Crippen LogP contribution in [0, 0.1) is 0 Å². The molecule has 1 aromatic carbocycles. The van der Waals surface area contributed by atoms with E-state index in [0.29, 0.717) is 19.6 Å². The zero-order chi connectivity index (χ0) is 18.2. The maximum Gasteiger partial charge on any atom is 0.237 e. The minimum absolute atomic E-state index is 0.0354. The van der Waals surface area contributed by atoms with Crippen molar-refractivity contribution in [2.24, 2.45) is 0 Å². The fourth-order valence-corrected chi connectivity index (χ4v) is 2.79. The van der Waals surface area contributed by atoms with Crippen molar-refractivity contribution in [3.05, 3.63) is 29.8 Å². The lowest BCUT2D eigenvalue weighted by Crippen LogP contribution is -2.56. The Hall–Kier alpha value is -2.16. The van der Waals surface area contributed by atoms with Gasteiger partial charge >= 0.3 is 0 Å². The molecule has 8 nitrogen and oxygen atoms in total. The number of nitrogens with zero attached hydrogens (tertiary/aromatic N) is 1. The Balaban J connectivity index is 2.04. The molecule has 8 heteroatoms. The van der Waals surface area contributed by atoms with Gasteiger partial charge in [0.2, 0.25) is 11.8 Å². The molecule has 1 saturated heterocycles. The van der Waals surface area contributed by atoms with Crippen LogP contribution in [0.5, 0.6) is 5.75 Å². The van der Waals surface area contributed by atoms with E-state index >= 15 is 0 Å². The van der Waals surface area contributed by atoms with E-state index in [1.807, 2.05) is 29.2 Å². The summed E-state index contributed by atoms with van der Waals surface area (Å²) < 4.78 is 5.22. The van der Waals surface area contributed by atoms with Crippen LogP contribution in [-0.2, 0) is 16.1 Å². The summed E-state index contributed by atoms with van der Waals surface area (Å²) in [4.78, 5) is 26.3. The molecule has 0 unspecified atom stereocenters. The Morgan fingerprint density at radius 1 is 1.44 bits per heavy atom. The highest BCUT2D eigenvalue weighted by Crippen LogP contribution is 2.18. The van der Waals surface area contributed by atoms with Crippen molar-refractivity contribution in [2.75, 3.05) is 33.4 Å². The number of aliphatic hydroxyl groups is 2. The highest BCUT2D eigenvalue weighted by Gasteiger charge is 2.32. The smallest absolute Gasteiger partial charge is 0.237 e. The van der Waals surface area contributed by atoms with E-state index in [-0.39, 0.29) is 31.4 Å².